The minimum atomic E-state index is -0.399. The van der Waals surface area contributed by atoms with Gasteiger partial charge in [0.05, 0.1) is 30.4 Å². The summed E-state index contributed by atoms with van der Waals surface area (Å²) in [4.78, 5) is 4.29. The number of nitrogens with zero attached hydrogens (tertiary/aromatic N) is 2. The molecule has 2 N–H and O–H groups in total. The SMILES string of the molecule is CNC1C2CC3CC1CC(C(O)CC1c4c(F)cccc4-c4cncn41)(C3)C2. The van der Waals surface area contributed by atoms with Crippen molar-refractivity contribution in [3.05, 3.63) is 42.1 Å². The van der Waals surface area contributed by atoms with Gasteiger partial charge >= 0.3 is 0 Å². The highest BCUT2D eigenvalue weighted by molar-refractivity contribution is 5.69. The van der Waals surface area contributed by atoms with Gasteiger partial charge in [-0.1, -0.05) is 12.1 Å². The highest BCUT2D eigenvalue weighted by Crippen LogP contribution is 2.62. The van der Waals surface area contributed by atoms with Crippen LogP contribution < -0.4 is 5.32 Å². The molecule has 0 amide bonds. The summed E-state index contributed by atoms with van der Waals surface area (Å²) in [6, 6.07) is 5.74. The lowest BCUT2D eigenvalue weighted by Crippen LogP contribution is -2.60. The molecule has 28 heavy (non-hydrogen) atoms. The fraction of sp³-hybridized carbons (Fsp3) is 0.609. The molecule has 1 aliphatic heterocycles. The predicted molar refractivity (Wildman–Crippen MR) is 105 cm³/mol. The lowest BCUT2D eigenvalue weighted by molar-refractivity contribution is -0.136. The maximum atomic E-state index is 14.8. The topological polar surface area (TPSA) is 50.1 Å². The van der Waals surface area contributed by atoms with Crippen LogP contribution in [0.5, 0.6) is 0 Å². The molecule has 148 valence electrons. The Hall–Kier alpha value is -1.72. The fourth-order valence-electron chi connectivity index (χ4n) is 7.66. The van der Waals surface area contributed by atoms with Gasteiger partial charge in [-0.3, -0.25) is 0 Å². The summed E-state index contributed by atoms with van der Waals surface area (Å²) in [5.41, 5.74) is 2.64. The number of fused-ring (bicyclic) bond motifs is 3. The van der Waals surface area contributed by atoms with Crippen molar-refractivity contribution in [1.82, 2.24) is 14.9 Å². The Balaban J connectivity index is 1.33. The predicted octanol–water partition coefficient (Wildman–Crippen LogP) is 3.76. The number of rotatable bonds is 4. The Kier molecular flexibility index (Phi) is 3.61. The van der Waals surface area contributed by atoms with Crippen molar-refractivity contribution in [2.45, 2.75) is 56.7 Å². The van der Waals surface area contributed by atoms with Crippen LogP contribution in [-0.2, 0) is 0 Å². The molecule has 0 spiro atoms. The molecule has 4 bridgehead atoms. The average molecular weight is 381 g/mol. The van der Waals surface area contributed by atoms with E-state index in [0.29, 0.717) is 24.3 Å². The van der Waals surface area contributed by atoms with Gasteiger partial charge in [-0.25, -0.2) is 9.37 Å². The van der Waals surface area contributed by atoms with Gasteiger partial charge in [0.15, 0.2) is 0 Å². The zero-order chi connectivity index (χ0) is 19.0. The Morgan fingerprint density at radius 2 is 2.07 bits per heavy atom. The van der Waals surface area contributed by atoms with Crippen molar-refractivity contribution in [3.8, 4) is 11.3 Å². The summed E-state index contributed by atoms with van der Waals surface area (Å²) in [7, 11) is 2.09. The Bertz CT molecular complexity index is 908. The number of aromatic nitrogens is 2. The van der Waals surface area contributed by atoms with Crippen LogP contribution >= 0.6 is 0 Å². The van der Waals surface area contributed by atoms with Crippen molar-refractivity contribution in [1.29, 1.82) is 0 Å². The number of aliphatic hydroxyl groups is 1. The molecule has 4 nitrogen and oxygen atoms in total. The largest absolute Gasteiger partial charge is 0.392 e. The van der Waals surface area contributed by atoms with Crippen LogP contribution in [0.2, 0.25) is 0 Å². The first-order valence-corrected chi connectivity index (χ1v) is 10.8. The van der Waals surface area contributed by atoms with E-state index in [1.807, 2.05) is 12.3 Å². The summed E-state index contributed by atoms with van der Waals surface area (Å²) in [5.74, 6) is 1.96. The second-order valence-corrected chi connectivity index (χ2v) is 9.80. The van der Waals surface area contributed by atoms with Crippen LogP contribution in [0.25, 0.3) is 11.3 Å². The first-order valence-electron chi connectivity index (χ1n) is 10.8. The molecule has 0 saturated heterocycles. The van der Waals surface area contributed by atoms with Crippen molar-refractivity contribution in [3.63, 3.8) is 0 Å². The van der Waals surface area contributed by atoms with Crippen LogP contribution in [0.3, 0.4) is 0 Å². The smallest absolute Gasteiger partial charge is 0.129 e. The van der Waals surface area contributed by atoms with Crippen LogP contribution in [0, 0.1) is 29.0 Å². The molecule has 5 heteroatoms. The van der Waals surface area contributed by atoms with Crippen LogP contribution in [-0.4, -0.2) is 33.9 Å². The van der Waals surface area contributed by atoms with Gasteiger partial charge in [0, 0.05) is 17.2 Å². The Morgan fingerprint density at radius 3 is 2.82 bits per heavy atom. The lowest BCUT2D eigenvalue weighted by Gasteiger charge is -2.61. The van der Waals surface area contributed by atoms with E-state index in [9.17, 15) is 9.50 Å². The van der Waals surface area contributed by atoms with Crippen molar-refractivity contribution < 1.29 is 9.50 Å². The number of nitrogens with one attached hydrogen (secondary N) is 1. The van der Waals surface area contributed by atoms with Crippen LogP contribution in [0.15, 0.2) is 30.7 Å². The standard InChI is InChI=1S/C23H28FN3O/c1-25-22-14-5-13-6-15(22)10-23(8-13,9-14)20(28)7-18-21-16(3-2-4-17(21)24)19-11-26-12-27(18)19/h2-4,11-15,18,20,22,25,28H,5-10H2,1H3. The van der Waals surface area contributed by atoms with E-state index in [4.69, 9.17) is 0 Å². The maximum absolute atomic E-state index is 14.8. The number of benzene rings is 1. The molecular weight excluding hydrogens is 353 g/mol. The third-order valence-electron chi connectivity index (χ3n) is 8.47. The number of imidazole rings is 1. The summed E-state index contributed by atoms with van der Waals surface area (Å²) in [6.45, 7) is 0. The summed E-state index contributed by atoms with van der Waals surface area (Å²) < 4.78 is 16.8. The minimum Gasteiger partial charge on any atom is -0.392 e. The third kappa shape index (κ3) is 2.20. The number of hydrogen-bond donors (Lipinski definition) is 2. The van der Waals surface area contributed by atoms with Gasteiger partial charge in [0.1, 0.15) is 5.82 Å². The zero-order valence-electron chi connectivity index (χ0n) is 16.3. The molecule has 4 unspecified atom stereocenters. The second kappa shape index (κ2) is 5.90. The monoisotopic (exact) mass is 381 g/mol. The quantitative estimate of drug-likeness (QED) is 0.848. The van der Waals surface area contributed by atoms with Crippen molar-refractivity contribution in [2.75, 3.05) is 7.05 Å². The molecular formula is C23H28FN3O. The summed E-state index contributed by atoms with van der Waals surface area (Å²) in [6.07, 6.45) is 9.77. The van der Waals surface area contributed by atoms with Crippen molar-refractivity contribution >= 4 is 0 Å². The van der Waals surface area contributed by atoms with Gasteiger partial charge in [-0.15, -0.1) is 0 Å². The molecule has 4 atom stereocenters. The summed E-state index contributed by atoms with van der Waals surface area (Å²) in [5, 5.41) is 15.1. The maximum Gasteiger partial charge on any atom is 0.129 e. The number of hydrogen-bond acceptors (Lipinski definition) is 3. The second-order valence-electron chi connectivity index (χ2n) is 9.80. The van der Waals surface area contributed by atoms with Crippen LogP contribution in [0.4, 0.5) is 4.39 Å². The molecule has 0 radical (unpaired) electrons. The molecule has 4 fully saturated rings. The lowest BCUT2D eigenvalue weighted by atomic mass is 9.46. The van der Waals surface area contributed by atoms with E-state index in [-0.39, 0.29) is 17.3 Å². The van der Waals surface area contributed by atoms with Gasteiger partial charge in [-0.2, -0.15) is 0 Å². The van der Waals surface area contributed by atoms with E-state index < -0.39 is 6.10 Å². The molecule has 4 saturated carbocycles. The van der Waals surface area contributed by atoms with Gasteiger partial charge in [0.2, 0.25) is 0 Å². The molecule has 1 aromatic carbocycles. The molecule has 5 aliphatic rings. The van der Waals surface area contributed by atoms with E-state index in [1.165, 1.54) is 12.8 Å². The fourth-order valence-corrected chi connectivity index (χ4v) is 7.66. The average Bonchev–Trinajstić information content (AvgIpc) is 3.25. The Morgan fingerprint density at radius 1 is 1.29 bits per heavy atom. The van der Waals surface area contributed by atoms with Gasteiger partial charge in [-0.05, 0) is 74.8 Å². The zero-order valence-corrected chi connectivity index (χ0v) is 16.3. The molecule has 7 rings (SSSR count). The Labute approximate surface area is 165 Å². The first kappa shape index (κ1) is 17.2. The number of halogens is 1. The molecule has 1 aromatic heterocycles. The van der Waals surface area contributed by atoms with E-state index >= 15 is 0 Å². The third-order valence-corrected chi connectivity index (χ3v) is 8.47. The van der Waals surface area contributed by atoms with Crippen molar-refractivity contribution in [2.24, 2.45) is 23.2 Å². The van der Waals surface area contributed by atoms with Gasteiger partial charge < -0.3 is 15.0 Å². The molecule has 4 aliphatic carbocycles. The number of aliphatic hydroxyl groups excluding tert-OH is 1. The van der Waals surface area contributed by atoms with Gasteiger partial charge in [0.25, 0.3) is 0 Å². The normalized spacial score (nSPS) is 38.5. The van der Waals surface area contributed by atoms with E-state index in [0.717, 1.165) is 42.0 Å². The van der Waals surface area contributed by atoms with E-state index in [2.05, 4.69) is 21.9 Å². The minimum absolute atomic E-state index is 0.0125. The molecule has 2 aromatic rings. The van der Waals surface area contributed by atoms with Crippen LogP contribution in [0.1, 0.15) is 50.1 Å². The first-order chi connectivity index (χ1) is 13.6. The molecule has 2 heterocycles. The highest BCUT2D eigenvalue weighted by atomic mass is 19.1. The van der Waals surface area contributed by atoms with E-state index in [1.54, 1.807) is 18.5 Å². The highest BCUT2D eigenvalue weighted by Gasteiger charge is 2.57. The summed E-state index contributed by atoms with van der Waals surface area (Å²) >= 11 is 0.